The van der Waals surface area contributed by atoms with E-state index in [9.17, 15) is 0 Å². The minimum atomic E-state index is 0.811. The lowest BCUT2D eigenvalue weighted by Gasteiger charge is -2.38. The Hall–Kier alpha value is -1.08. The van der Waals surface area contributed by atoms with Crippen LogP contribution in [0.5, 0.6) is 0 Å². The summed E-state index contributed by atoms with van der Waals surface area (Å²) in [7, 11) is 2.19. The Bertz CT molecular complexity index is 771. The summed E-state index contributed by atoms with van der Waals surface area (Å²) < 4.78 is 0. The van der Waals surface area contributed by atoms with Gasteiger partial charge in [0.25, 0.3) is 0 Å². The molecule has 1 aromatic carbocycles. The maximum Gasteiger partial charge on any atom is 0.0157 e. The van der Waals surface area contributed by atoms with E-state index in [1.807, 2.05) is 6.08 Å². The van der Waals surface area contributed by atoms with Gasteiger partial charge in [-0.3, -0.25) is 0 Å². The number of hydrogen-bond acceptors (Lipinski definition) is 1. The maximum absolute atomic E-state index is 3.84. The minimum absolute atomic E-state index is 0.811. The lowest BCUT2D eigenvalue weighted by molar-refractivity contribution is 0.136. The summed E-state index contributed by atoms with van der Waals surface area (Å²) >= 11 is 0. The van der Waals surface area contributed by atoms with Crippen molar-refractivity contribution >= 4 is 0 Å². The zero-order chi connectivity index (χ0) is 27.3. The van der Waals surface area contributed by atoms with Crippen LogP contribution in [0, 0.1) is 29.6 Å². The van der Waals surface area contributed by atoms with Crippen molar-refractivity contribution in [3.05, 3.63) is 48.0 Å². The van der Waals surface area contributed by atoms with Crippen molar-refractivity contribution in [2.45, 2.75) is 141 Å². The molecule has 4 rings (SSSR count). The molecule has 1 nitrogen and oxygen atoms in total. The van der Waals surface area contributed by atoms with Gasteiger partial charge in [-0.05, 0) is 124 Å². The first-order valence-electron chi connectivity index (χ1n) is 17.5. The summed E-state index contributed by atoms with van der Waals surface area (Å²) in [5.74, 6) is 6.11. The highest BCUT2D eigenvalue weighted by atomic mass is 15.1. The standard InChI is InChI=1S/C38H63N/c1-4-6-7-9-31-13-21-35(22-14-31)37-25-17-33(18-26-37)11-12-34-19-27-38(28-20-34)36-23-15-32(16-24-36)10-8-30-39(3)29-5-2/h5,15-16,23-24,31,33-35,37-38H,2,4,6-14,17-22,25-30H2,1,3H3. The maximum atomic E-state index is 3.84. The van der Waals surface area contributed by atoms with Gasteiger partial charge >= 0.3 is 0 Å². The number of benzene rings is 1. The number of hydrogen-bond donors (Lipinski definition) is 0. The lowest BCUT2D eigenvalue weighted by Crippen LogP contribution is -2.26. The Balaban J connectivity index is 1.06. The summed E-state index contributed by atoms with van der Waals surface area (Å²) in [5.41, 5.74) is 3.11. The second kappa shape index (κ2) is 17.0. The van der Waals surface area contributed by atoms with Crippen LogP contribution in [0.2, 0.25) is 0 Å². The predicted octanol–water partition coefficient (Wildman–Crippen LogP) is 11.0. The molecule has 3 fully saturated rings. The summed E-state index contributed by atoms with van der Waals surface area (Å²) in [6.45, 7) is 8.32. The molecular weight excluding hydrogens is 470 g/mol. The van der Waals surface area contributed by atoms with Crippen molar-refractivity contribution in [1.29, 1.82) is 0 Å². The van der Waals surface area contributed by atoms with Gasteiger partial charge < -0.3 is 4.90 Å². The average Bonchev–Trinajstić information content (AvgIpc) is 2.98. The predicted molar refractivity (Wildman–Crippen MR) is 171 cm³/mol. The number of rotatable bonds is 15. The highest BCUT2D eigenvalue weighted by molar-refractivity contribution is 5.26. The largest absolute Gasteiger partial charge is 0.303 e. The van der Waals surface area contributed by atoms with E-state index < -0.39 is 0 Å². The van der Waals surface area contributed by atoms with E-state index >= 15 is 0 Å². The molecule has 0 saturated heterocycles. The first-order valence-corrected chi connectivity index (χ1v) is 17.5. The molecular formula is C38H63N. The molecule has 0 bridgehead atoms. The molecule has 39 heavy (non-hydrogen) atoms. The van der Waals surface area contributed by atoms with Gasteiger partial charge in [-0.2, -0.15) is 0 Å². The Morgan fingerprint density at radius 3 is 1.77 bits per heavy atom. The number of likely N-dealkylation sites (N-methyl/N-ethyl adjacent to an activating group) is 1. The zero-order valence-corrected chi connectivity index (χ0v) is 26.1. The molecule has 1 aromatic rings. The van der Waals surface area contributed by atoms with Gasteiger partial charge in [-0.15, -0.1) is 6.58 Å². The molecule has 3 aliphatic rings. The summed E-state index contributed by atoms with van der Waals surface area (Å²) in [6.07, 6.45) is 31.5. The molecule has 0 aliphatic heterocycles. The first kappa shape index (κ1) is 30.9. The third-order valence-corrected chi connectivity index (χ3v) is 11.4. The number of aryl methyl sites for hydroxylation is 1. The molecule has 1 heteroatoms. The van der Waals surface area contributed by atoms with Crippen LogP contribution in [-0.2, 0) is 6.42 Å². The molecule has 0 amide bonds. The molecule has 0 spiro atoms. The van der Waals surface area contributed by atoms with Gasteiger partial charge in [-0.25, -0.2) is 0 Å². The number of unbranched alkanes of at least 4 members (excludes halogenated alkanes) is 2. The van der Waals surface area contributed by atoms with Crippen molar-refractivity contribution in [2.24, 2.45) is 29.6 Å². The van der Waals surface area contributed by atoms with Crippen LogP contribution in [0.1, 0.15) is 146 Å². The molecule has 0 heterocycles. The Morgan fingerprint density at radius 1 is 0.692 bits per heavy atom. The monoisotopic (exact) mass is 533 g/mol. The molecule has 220 valence electrons. The van der Waals surface area contributed by atoms with Gasteiger partial charge in [0.15, 0.2) is 0 Å². The topological polar surface area (TPSA) is 3.24 Å². The van der Waals surface area contributed by atoms with Crippen LogP contribution >= 0.6 is 0 Å². The molecule has 0 atom stereocenters. The highest BCUT2D eigenvalue weighted by Crippen LogP contribution is 2.44. The van der Waals surface area contributed by atoms with E-state index in [4.69, 9.17) is 0 Å². The molecule has 0 unspecified atom stereocenters. The van der Waals surface area contributed by atoms with E-state index in [2.05, 4.69) is 49.7 Å². The van der Waals surface area contributed by atoms with Crippen molar-refractivity contribution in [1.82, 2.24) is 4.90 Å². The fraction of sp³-hybridized carbons (Fsp3) is 0.789. The molecule has 3 saturated carbocycles. The van der Waals surface area contributed by atoms with Gasteiger partial charge in [0.1, 0.15) is 0 Å². The first-order chi connectivity index (χ1) is 19.1. The highest BCUT2D eigenvalue weighted by Gasteiger charge is 2.31. The molecule has 0 N–H and O–H groups in total. The molecule has 0 aromatic heterocycles. The SMILES string of the molecule is C=CCN(C)CCCc1ccc(C2CCC(CCC3CCC(C4CCC(CCCCC)CC4)CC3)CC2)cc1. The summed E-state index contributed by atoms with van der Waals surface area (Å²) in [5, 5.41) is 0. The van der Waals surface area contributed by atoms with Crippen LogP contribution in [0.25, 0.3) is 0 Å². The number of nitrogens with zero attached hydrogens (tertiary/aromatic N) is 1. The average molecular weight is 534 g/mol. The molecule has 3 aliphatic carbocycles. The minimum Gasteiger partial charge on any atom is -0.303 e. The summed E-state index contributed by atoms with van der Waals surface area (Å²) in [6, 6.07) is 9.71. The fourth-order valence-electron chi connectivity index (χ4n) is 8.66. The van der Waals surface area contributed by atoms with Crippen LogP contribution in [-0.4, -0.2) is 25.0 Å². The van der Waals surface area contributed by atoms with E-state index in [0.29, 0.717) is 0 Å². The van der Waals surface area contributed by atoms with Crippen LogP contribution < -0.4 is 0 Å². The van der Waals surface area contributed by atoms with Gasteiger partial charge in [0.2, 0.25) is 0 Å². The fourth-order valence-corrected chi connectivity index (χ4v) is 8.66. The van der Waals surface area contributed by atoms with E-state index in [-0.39, 0.29) is 0 Å². The second-order valence-electron chi connectivity index (χ2n) is 14.2. The van der Waals surface area contributed by atoms with E-state index in [0.717, 1.165) is 48.6 Å². The zero-order valence-electron chi connectivity index (χ0n) is 26.1. The Kier molecular flexibility index (Phi) is 13.5. The van der Waals surface area contributed by atoms with E-state index in [1.54, 1.807) is 56.9 Å². The third-order valence-electron chi connectivity index (χ3n) is 11.4. The lowest BCUT2D eigenvalue weighted by atomic mass is 9.67. The smallest absolute Gasteiger partial charge is 0.0157 e. The van der Waals surface area contributed by atoms with E-state index in [1.165, 1.54) is 82.6 Å². The third kappa shape index (κ3) is 10.4. The Labute approximate surface area is 243 Å². The second-order valence-corrected chi connectivity index (χ2v) is 14.2. The van der Waals surface area contributed by atoms with Crippen LogP contribution in [0.3, 0.4) is 0 Å². The van der Waals surface area contributed by atoms with Crippen LogP contribution in [0.15, 0.2) is 36.9 Å². The molecule has 0 radical (unpaired) electrons. The van der Waals surface area contributed by atoms with Crippen molar-refractivity contribution in [3.63, 3.8) is 0 Å². The van der Waals surface area contributed by atoms with Crippen molar-refractivity contribution < 1.29 is 0 Å². The van der Waals surface area contributed by atoms with Gasteiger partial charge in [0.05, 0.1) is 0 Å². The van der Waals surface area contributed by atoms with Gasteiger partial charge in [0, 0.05) is 6.54 Å². The van der Waals surface area contributed by atoms with Gasteiger partial charge in [-0.1, -0.05) is 101 Å². The summed E-state index contributed by atoms with van der Waals surface area (Å²) in [4.78, 5) is 2.35. The normalized spacial score (nSPS) is 29.9. The quantitative estimate of drug-likeness (QED) is 0.160. The van der Waals surface area contributed by atoms with Crippen LogP contribution in [0.4, 0.5) is 0 Å². The van der Waals surface area contributed by atoms with Crippen molar-refractivity contribution in [3.8, 4) is 0 Å². The Morgan fingerprint density at radius 2 is 1.23 bits per heavy atom. The van der Waals surface area contributed by atoms with Crippen molar-refractivity contribution in [2.75, 3.05) is 20.1 Å².